The smallest absolute Gasteiger partial charge is 0.145 e. The molecule has 1 atom stereocenters. The molecule has 1 unspecified atom stereocenters. The van der Waals surface area contributed by atoms with Crippen molar-refractivity contribution >= 4 is 43.2 Å². The number of methoxy groups -OCH3 is 1. The number of hydrogen-bond donors (Lipinski definition) is 1. The van der Waals surface area contributed by atoms with Gasteiger partial charge in [-0.25, -0.2) is 0 Å². The van der Waals surface area contributed by atoms with Gasteiger partial charge in [0, 0.05) is 21.3 Å². The first-order valence-corrected chi connectivity index (χ1v) is 8.04. The van der Waals surface area contributed by atoms with Gasteiger partial charge in [0.2, 0.25) is 0 Å². The lowest BCUT2D eigenvalue weighted by Crippen LogP contribution is -2.17. The zero-order chi connectivity index (χ0) is 13.8. The van der Waals surface area contributed by atoms with Crippen LogP contribution in [-0.4, -0.2) is 13.7 Å². The van der Waals surface area contributed by atoms with Gasteiger partial charge >= 0.3 is 0 Å². The van der Waals surface area contributed by atoms with Crippen LogP contribution < -0.4 is 15.2 Å². The van der Waals surface area contributed by atoms with Crippen molar-refractivity contribution in [2.45, 2.75) is 6.10 Å². The van der Waals surface area contributed by atoms with Gasteiger partial charge in [-0.15, -0.1) is 11.3 Å². The lowest BCUT2D eigenvalue weighted by molar-refractivity contribution is 0.216. The highest BCUT2D eigenvalue weighted by atomic mass is 79.9. The topological polar surface area (TPSA) is 44.5 Å². The summed E-state index contributed by atoms with van der Waals surface area (Å²) in [5, 5.41) is 2.02. The van der Waals surface area contributed by atoms with Crippen molar-refractivity contribution in [2.75, 3.05) is 13.7 Å². The molecule has 1 heterocycles. The number of ether oxygens (including phenoxy) is 2. The number of rotatable bonds is 5. The molecule has 0 saturated carbocycles. The minimum atomic E-state index is -0.152. The number of hydrogen-bond acceptors (Lipinski definition) is 4. The van der Waals surface area contributed by atoms with Gasteiger partial charge in [0.15, 0.2) is 0 Å². The first-order valence-electron chi connectivity index (χ1n) is 5.58. The summed E-state index contributed by atoms with van der Waals surface area (Å²) in [4.78, 5) is 1.09. The third-order valence-corrected chi connectivity index (χ3v) is 4.93. The van der Waals surface area contributed by atoms with Crippen LogP contribution in [0.15, 0.2) is 38.6 Å². The monoisotopic (exact) mass is 405 g/mol. The third-order valence-electron chi connectivity index (χ3n) is 2.53. The lowest BCUT2D eigenvalue weighted by atomic mass is 10.2. The summed E-state index contributed by atoms with van der Waals surface area (Å²) in [5.74, 6) is 1.53. The summed E-state index contributed by atoms with van der Waals surface area (Å²) in [6.07, 6.45) is -0.152. The van der Waals surface area contributed by atoms with Gasteiger partial charge < -0.3 is 15.2 Å². The summed E-state index contributed by atoms with van der Waals surface area (Å²) >= 11 is 8.53. The predicted molar refractivity (Wildman–Crippen MR) is 85.1 cm³/mol. The zero-order valence-corrected chi connectivity index (χ0v) is 14.2. The summed E-state index contributed by atoms with van der Waals surface area (Å²) in [5.41, 5.74) is 5.79. The molecule has 0 aliphatic carbocycles. The van der Waals surface area contributed by atoms with Crippen molar-refractivity contribution < 1.29 is 9.47 Å². The first kappa shape index (κ1) is 14.8. The van der Waals surface area contributed by atoms with Crippen LogP contribution in [0.4, 0.5) is 0 Å². The lowest BCUT2D eigenvalue weighted by Gasteiger charge is -2.17. The molecule has 2 N–H and O–H groups in total. The Morgan fingerprint density at radius 1 is 1.32 bits per heavy atom. The molecule has 0 amide bonds. The fourth-order valence-corrected chi connectivity index (χ4v) is 3.51. The van der Waals surface area contributed by atoms with Gasteiger partial charge in [0.25, 0.3) is 0 Å². The SMILES string of the molecule is COc1ccc(OC(CN)c2cc(Br)cs2)c(Br)c1. The fraction of sp³-hybridized carbons (Fsp3) is 0.231. The Hall–Kier alpha value is -0.560. The molecule has 0 saturated heterocycles. The Morgan fingerprint density at radius 3 is 2.63 bits per heavy atom. The average Bonchev–Trinajstić information content (AvgIpc) is 2.83. The second-order valence-electron chi connectivity index (χ2n) is 3.81. The normalized spacial score (nSPS) is 12.2. The molecule has 0 aliphatic rings. The molecule has 0 aliphatic heterocycles. The Kier molecular flexibility index (Phi) is 5.27. The maximum Gasteiger partial charge on any atom is 0.145 e. The molecular formula is C13H13Br2NO2S. The Bertz CT molecular complexity index is 559. The van der Waals surface area contributed by atoms with Crippen molar-refractivity contribution in [1.82, 2.24) is 0 Å². The molecule has 1 aromatic carbocycles. The van der Waals surface area contributed by atoms with Gasteiger partial charge in [-0.05, 0) is 56.1 Å². The van der Waals surface area contributed by atoms with Crippen LogP contribution in [0.5, 0.6) is 11.5 Å². The van der Waals surface area contributed by atoms with Crippen molar-refractivity contribution in [3.63, 3.8) is 0 Å². The van der Waals surface area contributed by atoms with Gasteiger partial charge in [0.1, 0.15) is 17.6 Å². The van der Waals surface area contributed by atoms with Gasteiger partial charge in [-0.2, -0.15) is 0 Å². The number of nitrogens with two attached hydrogens (primary N) is 1. The molecule has 0 radical (unpaired) electrons. The van der Waals surface area contributed by atoms with E-state index in [0.29, 0.717) is 6.54 Å². The average molecular weight is 407 g/mol. The summed E-state index contributed by atoms with van der Waals surface area (Å²) in [6, 6.07) is 7.62. The van der Waals surface area contributed by atoms with Crippen molar-refractivity contribution in [2.24, 2.45) is 5.73 Å². The number of thiophene rings is 1. The predicted octanol–water partition coefficient (Wildman–Crippen LogP) is 4.36. The van der Waals surface area contributed by atoms with E-state index >= 15 is 0 Å². The van der Waals surface area contributed by atoms with E-state index in [1.54, 1.807) is 18.4 Å². The Morgan fingerprint density at radius 2 is 2.11 bits per heavy atom. The maximum absolute atomic E-state index is 5.96. The van der Waals surface area contributed by atoms with Crippen molar-refractivity contribution in [3.8, 4) is 11.5 Å². The van der Waals surface area contributed by atoms with Crippen molar-refractivity contribution in [1.29, 1.82) is 0 Å². The van der Waals surface area contributed by atoms with Crippen LogP contribution in [0.25, 0.3) is 0 Å². The molecule has 3 nitrogen and oxygen atoms in total. The van der Waals surface area contributed by atoms with Crippen LogP contribution in [0.1, 0.15) is 11.0 Å². The first-order chi connectivity index (χ1) is 9.13. The Labute approximate surface area is 133 Å². The second kappa shape index (κ2) is 6.74. The van der Waals surface area contributed by atoms with Crippen LogP contribution in [0.3, 0.4) is 0 Å². The van der Waals surface area contributed by atoms with Gasteiger partial charge in [0.05, 0.1) is 11.6 Å². The van der Waals surface area contributed by atoms with E-state index in [1.165, 1.54) is 0 Å². The Balaban J connectivity index is 2.19. The molecule has 0 fully saturated rings. The minimum Gasteiger partial charge on any atom is -0.497 e. The molecular weight excluding hydrogens is 394 g/mol. The van der Waals surface area contributed by atoms with Gasteiger partial charge in [-0.1, -0.05) is 0 Å². The summed E-state index contributed by atoms with van der Waals surface area (Å²) < 4.78 is 13.0. The standard InChI is InChI=1S/C13H13Br2NO2S/c1-17-9-2-3-11(10(15)5-9)18-12(6-16)13-4-8(14)7-19-13/h2-5,7,12H,6,16H2,1H3. The van der Waals surface area contributed by atoms with E-state index < -0.39 is 0 Å². The summed E-state index contributed by atoms with van der Waals surface area (Å²) in [7, 11) is 1.63. The van der Waals surface area contributed by atoms with Crippen LogP contribution in [-0.2, 0) is 0 Å². The highest BCUT2D eigenvalue weighted by Gasteiger charge is 2.15. The molecule has 2 rings (SSSR count). The molecule has 0 spiro atoms. The molecule has 1 aromatic heterocycles. The zero-order valence-electron chi connectivity index (χ0n) is 10.2. The van der Waals surface area contributed by atoms with E-state index in [2.05, 4.69) is 31.9 Å². The summed E-state index contributed by atoms with van der Waals surface area (Å²) in [6.45, 7) is 0.422. The minimum absolute atomic E-state index is 0.152. The molecule has 0 bridgehead atoms. The van der Waals surface area contributed by atoms with Crippen LogP contribution >= 0.6 is 43.2 Å². The van der Waals surface area contributed by atoms with E-state index in [1.807, 2.05) is 29.6 Å². The highest BCUT2D eigenvalue weighted by molar-refractivity contribution is 9.10. The third kappa shape index (κ3) is 3.72. The molecule has 6 heteroatoms. The largest absolute Gasteiger partial charge is 0.497 e. The number of halogens is 2. The van der Waals surface area contributed by atoms with Gasteiger partial charge in [-0.3, -0.25) is 0 Å². The fourth-order valence-electron chi connectivity index (χ4n) is 1.58. The second-order valence-corrected chi connectivity index (χ2v) is 6.52. The van der Waals surface area contributed by atoms with E-state index in [4.69, 9.17) is 15.2 Å². The molecule has 19 heavy (non-hydrogen) atoms. The number of benzene rings is 1. The van der Waals surface area contributed by atoms with E-state index in [0.717, 1.165) is 25.3 Å². The van der Waals surface area contributed by atoms with E-state index in [9.17, 15) is 0 Å². The quantitative estimate of drug-likeness (QED) is 0.802. The molecule has 2 aromatic rings. The van der Waals surface area contributed by atoms with Crippen LogP contribution in [0, 0.1) is 0 Å². The van der Waals surface area contributed by atoms with Crippen molar-refractivity contribution in [3.05, 3.63) is 43.5 Å². The van der Waals surface area contributed by atoms with Crippen LogP contribution in [0.2, 0.25) is 0 Å². The molecule has 102 valence electrons. The highest BCUT2D eigenvalue weighted by Crippen LogP contribution is 2.34. The maximum atomic E-state index is 5.96. The van der Waals surface area contributed by atoms with E-state index in [-0.39, 0.29) is 6.10 Å².